The van der Waals surface area contributed by atoms with Gasteiger partial charge in [-0.3, -0.25) is 10.9 Å². The number of thiocarbonyl (C=S) groups is 2. The molecule has 0 heterocycles. The number of hydrogen-bond acceptors (Lipinski definition) is 6. The van der Waals surface area contributed by atoms with E-state index in [0.29, 0.717) is 21.7 Å². The third-order valence-electron chi connectivity index (χ3n) is 4.38. The fourth-order valence-corrected chi connectivity index (χ4v) is 3.17. The summed E-state index contributed by atoms with van der Waals surface area (Å²) in [5.41, 5.74) is 8.82. The number of nitrogens with one attached hydrogen (secondary N) is 4. The minimum absolute atomic E-state index is 0.346. The summed E-state index contributed by atoms with van der Waals surface area (Å²) in [6, 6.07) is 22.6. The van der Waals surface area contributed by atoms with Crippen LogP contribution in [0.15, 0.2) is 83.0 Å². The molecule has 10 heteroatoms. The molecular weight excluding hydrogens is 468 g/mol. The van der Waals surface area contributed by atoms with Crippen LogP contribution in [0.1, 0.15) is 11.1 Å². The van der Waals surface area contributed by atoms with Gasteiger partial charge in [0.2, 0.25) is 0 Å². The van der Waals surface area contributed by atoms with Crippen molar-refractivity contribution in [3.05, 3.63) is 83.9 Å². The highest BCUT2D eigenvalue weighted by atomic mass is 32.1. The molecule has 0 aliphatic rings. The number of hydrazone groups is 2. The highest BCUT2D eigenvalue weighted by Gasteiger charge is 2.04. The Morgan fingerprint density at radius 3 is 1.56 bits per heavy atom. The van der Waals surface area contributed by atoms with Gasteiger partial charge in [-0.05, 0) is 65.9 Å². The standard InChI is InChI=1S/C24H24N6O2S2/c1-31-21-12-5-3-10-19(21)27-23(33)29-25-15-17-8-7-9-18(14-17)16-26-30-24(34)28-20-11-4-6-13-22(20)32-2/h3-16H,1-2H3,(H2,27,29,33)(H2,28,30,34). The van der Waals surface area contributed by atoms with Gasteiger partial charge in [0.1, 0.15) is 11.5 Å². The lowest BCUT2D eigenvalue weighted by Crippen LogP contribution is -2.24. The number of ether oxygens (including phenoxy) is 2. The van der Waals surface area contributed by atoms with Crippen molar-refractivity contribution >= 4 is 58.5 Å². The monoisotopic (exact) mass is 492 g/mol. The van der Waals surface area contributed by atoms with Gasteiger partial charge in [-0.2, -0.15) is 10.2 Å². The first-order valence-electron chi connectivity index (χ1n) is 10.2. The van der Waals surface area contributed by atoms with E-state index in [1.807, 2.05) is 72.8 Å². The fourth-order valence-electron chi connectivity index (χ4n) is 2.85. The van der Waals surface area contributed by atoms with Crippen LogP contribution < -0.4 is 31.0 Å². The van der Waals surface area contributed by atoms with Gasteiger partial charge in [-0.1, -0.05) is 42.5 Å². The van der Waals surface area contributed by atoms with E-state index in [0.717, 1.165) is 22.5 Å². The molecule has 3 aromatic rings. The minimum atomic E-state index is 0.346. The van der Waals surface area contributed by atoms with Gasteiger partial charge in [-0.25, -0.2) is 0 Å². The number of para-hydroxylation sites is 4. The number of nitrogens with zero attached hydrogens (tertiary/aromatic N) is 2. The van der Waals surface area contributed by atoms with Crippen LogP contribution in [0.2, 0.25) is 0 Å². The predicted octanol–water partition coefficient (Wildman–Crippen LogP) is 4.34. The highest BCUT2D eigenvalue weighted by Crippen LogP contribution is 2.23. The minimum Gasteiger partial charge on any atom is -0.495 e. The van der Waals surface area contributed by atoms with Crippen LogP contribution in [0.3, 0.4) is 0 Å². The molecule has 0 amide bonds. The molecule has 0 unspecified atom stereocenters. The maximum absolute atomic E-state index is 5.30. The molecule has 0 aliphatic heterocycles. The van der Waals surface area contributed by atoms with Crippen LogP contribution >= 0.6 is 24.4 Å². The molecule has 0 fully saturated rings. The van der Waals surface area contributed by atoms with Crippen LogP contribution in [-0.2, 0) is 0 Å². The summed E-state index contributed by atoms with van der Waals surface area (Å²) in [6.45, 7) is 0. The number of benzene rings is 3. The molecule has 8 nitrogen and oxygen atoms in total. The molecule has 4 N–H and O–H groups in total. The molecular formula is C24H24N6O2S2. The van der Waals surface area contributed by atoms with Crippen molar-refractivity contribution in [2.75, 3.05) is 24.9 Å². The molecule has 0 atom stereocenters. The Balaban J connectivity index is 1.51. The Morgan fingerprint density at radius 2 is 1.12 bits per heavy atom. The van der Waals surface area contributed by atoms with E-state index in [-0.39, 0.29) is 0 Å². The molecule has 0 aliphatic carbocycles. The normalized spacial score (nSPS) is 10.6. The van der Waals surface area contributed by atoms with Crippen LogP contribution in [0.5, 0.6) is 11.5 Å². The summed E-state index contributed by atoms with van der Waals surface area (Å²) in [5.74, 6) is 1.38. The SMILES string of the molecule is COc1ccccc1NC(=S)NN=Cc1cccc(C=NNC(=S)Nc2ccccc2OC)c1. The predicted molar refractivity (Wildman–Crippen MR) is 146 cm³/mol. The molecule has 174 valence electrons. The number of rotatable bonds is 8. The lowest BCUT2D eigenvalue weighted by atomic mass is 10.1. The second kappa shape index (κ2) is 12.9. The number of hydrogen-bond donors (Lipinski definition) is 4. The second-order valence-electron chi connectivity index (χ2n) is 6.72. The van der Waals surface area contributed by atoms with Crippen molar-refractivity contribution in [2.45, 2.75) is 0 Å². The Hall–Kier alpha value is -4.02. The smallest absolute Gasteiger partial charge is 0.191 e. The molecule has 0 aromatic heterocycles. The zero-order valence-corrected chi connectivity index (χ0v) is 20.2. The zero-order valence-electron chi connectivity index (χ0n) is 18.6. The Labute approximate surface area is 209 Å². The molecule has 0 bridgehead atoms. The van der Waals surface area contributed by atoms with Crippen LogP contribution in [0.25, 0.3) is 0 Å². The van der Waals surface area contributed by atoms with Crippen LogP contribution in [0, 0.1) is 0 Å². The summed E-state index contributed by atoms with van der Waals surface area (Å²) in [4.78, 5) is 0. The van der Waals surface area contributed by atoms with E-state index in [1.165, 1.54) is 0 Å². The topological polar surface area (TPSA) is 91.3 Å². The van der Waals surface area contributed by atoms with Crippen molar-refractivity contribution in [2.24, 2.45) is 10.2 Å². The average Bonchev–Trinajstić information content (AvgIpc) is 2.85. The van der Waals surface area contributed by atoms with E-state index in [9.17, 15) is 0 Å². The summed E-state index contributed by atoms with van der Waals surface area (Å²) < 4.78 is 10.6. The first kappa shape index (κ1) is 24.6. The Bertz CT molecular complexity index is 1110. The molecule has 0 saturated carbocycles. The van der Waals surface area contributed by atoms with Crippen molar-refractivity contribution in [1.29, 1.82) is 0 Å². The van der Waals surface area contributed by atoms with Crippen LogP contribution in [0.4, 0.5) is 11.4 Å². The quantitative estimate of drug-likeness (QED) is 0.210. The van der Waals surface area contributed by atoms with E-state index in [2.05, 4.69) is 31.7 Å². The highest BCUT2D eigenvalue weighted by molar-refractivity contribution is 7.80. The lowest BCUT2D eigenvalue weighted by Gasteiger charge is -2.10. The van der Waals surface area contributed by atoms with Crippen molar-refractivity contribution in [1.82, 2.24) is 10.9 Å². The van der Waals surface area contributed by atoms with E-state index >= 15 is 0 Å². The first-order chi connectivity index (χ1) is 16.6. The third kappa shape index (κ3) is 7.54. The van der Waals surface area contributed by atoms with Gasteiger partial charge < -0.3 is 20.1 Å². The van der Waals surface area contributed by atoms with E-state index in [1.54, 1.807) is 26.6 Å². The molecule has 3 rings (SSSR count). The van der Waals surface area contributed by atoms with Crippen LogP contribution in [-0.4, -0.2) is 36.9 Å². The number of methoxy groups -OCH3 is 2. The number of anilines is 2. The van der Waals surface area contributed by atoms with Gasteiger partial charge in [0.05, 0.1) is 38.0 Å². The lowest BCUT2D eigenvalue weighted by molar-refractivity contribution is 0.417. The van der Waals surface area contributed by atoms with E-state index < -0.39 is 0 Å². The summed E-state index contributed by atoms with van der Waals surface area (Å²) in [6.07, 6.45) is 3.32. The van der Waals surface area contributed by atoms with Crippen molar-refractivity contribution in [3.63, 3.8) is 0 Å². The Morgan fingerprint density at radius 1 is 0.676 bits per heavy atom. The Kier molecular flexibility index (Phi) is 9.32. The second-order valence-corrected chi connectivity index (χ2v) is 7.54. The van der Waals surface area contributed by atoms with Gasteiger partial charge in [0.25, 0.3) is 0 Å². The van der Waals surface area contributed by atoms with Crippen molar-refractivity contribution < 1.29 is 9.47 Å². The van der Waals surface area contributed by atoms with Gasteiger partial charge >= 0.3 is 0 Å². The molecule has 0 radical (unpaired) electrons. The van der Waals surface area contributed by atoms with Gasteiger partial charge in [0, 0.05) is 0 Å². The maximum Gasteiger partial charge on any atom is 0.191 e. The van der Waals surface area contributed by atoms with E-state index in [4.69, 9.17) is 33.9 Å². The average molecular weight is 493 g/mol. The molecule has 0 saturated heterocycles. The summed E-state index contributed by atoms with van der Waals surface area (Å²) in [5, 5.41) is 15.2. The molecule has 3 aromatic carbocycles. The molecule has 0 spiro atoms. The summed E-state index contributed by atoms with van der Waals surface area (Å²) >= 11 is 10.6. The van der Waals surface area contributed by atoms with Gasteiger partial charge in [-0.15, -0.1) is 0 Å². The van der Waals surface area contributed by atoms with Gasteiger partial charge in [0.15, 0.2) is 10.2 Å². The maximum atomic E-state index is 5.30. The third-order valence-corrected chi connectivity index (χ3v) is 4.77. The molecule has 34 heavy (non-hydrogen) atoms. The van der Waals surface area contributed by atoms with Crippen molar-refractivity contribution in [3.8, 4) is 11.5 Å². The zero-order chi connectivity index (χ0) is 24.2. The fraction of sp³-hybridized carbons (Fsp3) is 0.0833. The summed E-state index contributed by atoms with van der Waals surface area (Å²) in [7, 11) is 3.21. The largest absolute Gasteiger partial charge is 0.495 e. The first-order valence-corrected chi connectivity index (χ1v) is 11.0.